The molecule has 1 N–H and O–H groups in total. The van der Waals surface area contributed by atoms with E-state index in [1.807, 2.05) is 18.2 Å². The van der Waals surface area contributed by atoms with Gasteiger partial charge in [0.25, 0.3) is 0 Å². The van der Waals surface area contributed by atoms with Crippen LogP contribution in [0.2, 0.25) is 0 Å². The van der Waals surface area contributed by atoms with Crippen molar-refractivity contribution in [2.75, 3.05) is 6.61 Å². The Morgan fingerprint density at radius 2 is 2.00 bits per heavy atom. The SMILES string of the molecule is CCOC(=O)c1ccc(Cc2nccc3[nH]cnc23)cc1. The Balaban J connectivity index is 1.82. The Morgan fingerprint density at radius 3 is 2.76 bits per heavy atom. The van der Waals surface area contributed by atoms with E-state index in [1.165, 1.54) is 0 Å². The van der Waals surface area contributed by atoms with Crippen molar-refractivity contribution in [3.05, 3.63) is 59.7 Å². The van der Waals surface area contributed by atoms with Gasteiger partial charge in [-0.05, 0) is 30.7 Å². The molecule has 21 heavy (non-hydrogen) atoms. The molecule has 0 aliphatic rings. The maximum atomic E-state index is 11.6. The van der Waals surface area contributed by atoms with Crippen molar-refractivity contribution >= 4 is 17.0 Å². The summed E-state index contributed by atoms with van der Waals surface area (Å²) < 4.78 is 4.97. The predicted molar refractivity (Wildman–Crippen MR) is 79.1 cm³/mol. The van der Waals surface area contributed by atoms with Crippen molar-refractivity contribution < 1.29 is 9.53 Å². The Hall–Kier alpha value is -2.69. The Labute approximate surface area is 122 Å². The molecular formula is C16H15N3O2. The fourth-order valence-corrected chi connectivity index (χ4v) is 2.22. The molecule has 2 aromatic heterocycles. The predicted octanol–water partition coefficient (Wildman–Crippen LogP) is 2.73. The topological polar surface area (TPSA) is 67.9 Å². The van der Waals surface area contributed by atoms with Crippen LogP contribution < -0.4 is 0 Å². The number of H-pyrrole nitrogens is 1. The highest BCUT2D eigenvalue weighted by molar-refractivity contribution is 5.89. The molecule has 3 aromatic rings. The number of carbonyl (C=O) groups is 1. The summed E-state index contributed by atoms with van der Waals surface area (Å²) in [4.78, 5) is 23.4. The molecule has 106 valence electrons. The van der Waals surface area contributed by atoms with Gasteiger partial charge >= 0.3 is 5.97 Å². The lowest BCUT2D eigenvalue weighted by Crippen LogP contribution is -2.04. The second kappa shape index (κ2) is 5.75. The molecule has 0 spiro atoms. The number of hydrogen-bond acceptors (Lipinski definition) is 4. The molecule has 5 nitrogen and oxygen atoms in total. The Bertz CT molecular complexity index is 763. The number of carbonyl (C=O) groups excluding carboxylic acids is 1. The molecule has 0 fully saturated rings. The van der Waals surface area contributed by atoms with Gasteiger partial charge < -0.3 is 9.72 Å². The zero-order valence-electron chi connectivity index (χ0n) is 11.7. The van der Waals surface area contributed by atoms with Gasteiger partial charge in [0.1, 0.15) is 5.52 Å². The summed E-state index contributed by atoms with van der Waals surface area (Å²) >= 11 is 0. The van der Waals surface area contributed by atoms with Crippen LogP contribution >= 0.6 is 0 Å². The summed E-state index contributed by atoms with van der Waals surface area (Å²) in [6, 6.07) is 9.28. The van der Waals surface area contributed by atoms with Gasteiger partial charge in [-0.3, -0.25) is 4.98 Å². The molecule has 0 aliphatic carbocycles. The van der Waals surface area contributed by atoms with Gasteiger partial charge in [0.15, 0.2) is 0 Å². The van der Waals surface area contributed by atoms with Crippen molar-refractivity contribution in [2.45, 2.75) is 13.3 Å². The maximum absolute atomic E-state index is 11.6. The Kier molecular flexibility index (Phi) is 3.64. The quantitative estimate of drug-likeness (QED) is 0.747. The average molecular weight is 281 g/mol. The maximum Gasteiger partial charge on any atom is 0.338 e. The number of imidazole rings is 1. The van der Waals surface area contributed by atoms with E-state index in [9.17, 15) is 4.79 Å². The van der Waals surface area contributed by atoms with Crippen LogP contribution in [-0.2, 0) is 11.2 Å². The lowest BCUT2D eigenvalue weighted by molar-refractivity contribution is 0.0526. The zero-order valence-corrected chi connectivity index (χ0v) is 11.7. The summed E-state index contributed by atoms with van der Waals surface area (Å²) in [5.74, 6) is -0.295. The highest BCUT2D eigenvalue weighted by Crippen LogP contribution is 2.16. The number of rotatable bonds is 4. The minimum atomic E-state index is -0.295. The standard InChI is InChI=1S/C16H15N3O2/c1-2-21-16(20)12-5-3-11(4-6-12)9-14-15-13(7-8-17-14)18-10-19-15/h3-8,10H,2,9H2,1H3,(H,18,19). The normalized spacial score (nSPS) is 10.7. The van der Waals surface area contributed by atoms with Gasteiger partial charge in [0.2, 0.25) is 0 Å². The van der Waals surface area contributed by atoms with Crippen LogP contribution in [-0.4, -0.2) is 27.5 Å². The third-order valence-electron chi connectivity index (χ3n) is 3.25. The first kappa shape index (κ1) is 13.3. The third kappa shape index (κ3) is 2.76. The van der Waals surface area contributed by atoms with Gasteiger partial charge in [-0.1, -0.05) is 12.1 Å². The summed E-state index contributed by atoms with van der Waals surface area (Å²) in [5, 5.41) is 0. The summed E-state index contributed by atoms with van der Waals surface area (Å²) in [5.41, 5.74) is 4.41. The van der Waals surface area contributed by atoms with Crippen molar-refractivity contribution in [3.63, 3.8) is 0 Å². The van der Waals surface area contributed by atoms with E-state index in [2.05, 4.69) is 15.0 Å². The number of esters is 1. The van der Waals surface area contributed by atoms with E-state index in [1.54, 1.807) is 31.6 Å². The van der Waals surface area contributed by atoms with Crippen LogP contribution in [0.25, 0.3) is 11.0 Å². The lowest BCUT2D eigenvalue weighted by Gasteiger charge is -2.04. The van der Waals surface area contributed by atoms with E-state index in [4.69, 9.17) is 4.74 Å². The number of hydrogen-bond donors (Lipinski definition) is 1. The smallest absolute Gasteiger partial charge is 0.338 e. The summed E-state index contributed by atoms with van der Waals surface area (Å²) in [6.07, 6.45) is 4.10. The molecule has 2 heterocycles. The minimum Gasteiger partial charge on any atom is -0.462 e. The molecule has 5 heteroatoms. The van der Waals surface area contributed by atoms with Crippen molar-refractivity contribution in [2.24, 2.45) is 0 Å². The molecular weight excluding hydrogens is 266 g/mol. The minimum absolute atomic E-state index is 0.295. The molecule has 0 amide bonds. The molecule has 0 saturated carbocycles. The van der Waals surface area contributed by atoms with E-state index < -0.39 is 0 Å². The highest BCUT2D eigenvalue weighted by atomic mass is 16.5. The number of aromatic amines is 1. The fourth-order valence-electron chi connectivity index (χ4n) is 2.22. The molecule has 0 unspecified atom stereocenters. The van der Waals surface area contributed by atoms with Crippen molar-refractivity contribution in [1.29, 1.82) is 0 Å². The lowest BCUT2D eigenvalue weighted by atomic mass is 10.1. The number of ether oxygens (including phenoxy) is 1. The number of aromatic nitrogens is 3. The molecule has 0 bridgehead atoms. The molecule has 3 rings (SSSR count). The first-order valence-corrected chi connectivity index (χ1v) is 6.81. The monoisotopic (exact) mass is 281 g/mol. The van der Waals surface area contributed by atoms with Gasteiger partial charge in [0.05, 0.1) is 29.7 Å². The van der Waals surface area contributed by atoms with E-state index in [0.717, 1.165) is 22.3 Å². The first-order chi connectivity index (χ1) is 10.3. The number of nitrogens with one attached hydrogen (secondary N) is 1. The summed E-state index contributed by atoms with van der Waals surface area (Å²) in [7, 11) is 0. The molecule has 1 aromatic carbocycles. The van der Waals surface area contributed by atoms with Crippen LogP contribution in [0.15, 0.2) is 42.9 Å². The molecule has 0 atom stereocenters. The highest BCUT2D eigenvalue weighted by Gasteiger charge is 2.08. The Morgan fingerprint density at radius 1 is 1.19 bits per heavy atom. The van der Waals surface area contributed by atoms with Crippen LogP contribution in [0.3, 0.4) is 0 Å². The summed E-state index contributed by atoms with van der Waals surface area (Å²) in [6.45, 7) is 2.17. The van der Waals surface area contributed by atoms with Crippen LogP contribution in [0.5, 0.6) is 0 Å². The average Bonchev–Trinajstić information content (AvgIpc) is 2.98. The van der Waals surface area contributed by atoms with Crippen molar-refractivity contribution in [1.82, 2.24) is 15.0 Å². The van der Waals surface area contributed by atoms with E-state index in [0.29, 0.717) is 18.6 Å². The number of nitrogens with zero attached hydrogens (tertiary/aromatic N) is 2. The van der Waals surface area contributed by atoms with Crippen LogP contribution in [0.4, 0.5) is 0 Å². The fraction of sp³-hybridized carbons (Fsp3) is 0.188. The second-order valence-electron chi connectivity index (χ2n) is 4.65. The van der Waals surface area contributed by atoms with Gasteiger partial charge in [0, 0.05) is 12.6 Å². The molecule has 0 saturated heterocycles. The number of pyridine rings is 1. The first-order valence-electron chi connectivity index (χ1n) is 6.81. The molecule has 0 radical (unpaired) electrons. The zero-order chi connectivity index (χ0) is 14.7. The number of fused-ring (bicyclic) bond motifs is 1. The van der Waals surface area contributed by atoms with Gasteiger partial charge in [-0.15, -0.1) is 0 Å². The largest absolute Gasteiger partial charge is 0.462 e. The third-order valence-corrected chi connectivity index (χ3v) is 3.25. The van der Waals surface area contributed by atoms with E-state index >= 15 is 0 Å². The van der Waals surface area contributed by atoms with Gasteiger partial charge in [-0.25, -0.2) is 9.78 Å². The number of benzene rings is 1. The molecule has 0 aliphatic heterocycles. The van der Waals surface area contributed by atoms with Gasteiger partial charge in [-0.2, -0.15) is 0 Å². The van der Waals surface area contributed by atoms with Crippen molar-refractivity contribution in [3.8, 4) is 0 Å². The van der Waals surface area contributed by atoms with Crippen LogP contribution in [0, 0.1) is 0 Å². The van der Waals surface area contributed by atoms with Crippen LogP contribution in [0.1, 0.15) is 28.5 Å². The second-order valence-corrected chi connectivity index (χ2v) is 4.65. The van der Waals surface area contributed by atoms with E-state index in [-0.39, 0.29) is 5.97 Å².